The van der Waals surface area contributed by atoms with Crippen LogP contribution in [0.3, 0.4) is 0 Å². The van der Waals surface area contributed by atoms with Crippen molar-refractivity contribution in [2.24, 2.45) is 0 Å². The summed E-state index contributed by atoms with van der Waals surface area (Å²) < 4.78 is 9.84. The van der Waals surface area contributed by atoms with Crippen molar-refractivity contribution in [3.63, 3.8) is 0 Å². The summed E-state index contributed by atoms with van der Waals surface area (Å²) in [6.07, 6.45) is 1.58. The minimum Gasteiger partial charge on any atom is -0.346 e. The first-order valence-electron chi connectivity index (χ1n) is 4.21. The Bertz CT molecular complexity index is 230. The minimum atomic E-state index is -3.80. The maximum Gasteiger partial charge on any atom is 0.326 e. The minimum absolute atomic E-state index is 0.0181. The van der Waals surface area contributed by atoms with Crippen LogP contribution in [-0.4, -0.2) is 46.2 Å². The van der Waals surface area contributed by atoms with Crippen LogP contribution in [-0.2, 0) is 9.36 Å². The van der Waals surface area contributed by atoms with E-state index in [1.807, 2.05) is 7.05 Å². The average Bonchev–Trinajstić information content (AvgIpc) is 2.35. The van der Waals surface area contributed by atoms with Crippen molar-refractivity contribution >= 4 is 25.1 Å². The number of nitrogens with zero attached hydrogens (tertiary/aromatic N) is 1. The summed E-state index contributed by atoms with van der Waals surface area (Å²) in [4.78, 5) is 28.4. The van der Waals surface area contributed by atoms with Gasteiger partial charge in [0.25, 0.3) is 0 Å². The Morgan fingerprint density at radius 3 is 2.21 bits per heavy atom. The van der Waals surface area contributed by atoms with Gasteiger partial charge in [-0.25, -0.2) is 0 Å². The largest absolute Gasteiger partial charge is 0.346 e. The highest BCUT2D eigenvalue weighted by molar-refractivity contribution is 7.51. The molecule has 14 heavy (non-hydrogen) atoms. The molecule has 1 rings (SSSR count). The number of halogens is 1. The van der Waals surface area contributed by atoms with E-state index in [9.17, 15) is 9.36 Å². The van der Waals surface area contributed by atoms with Crippen molar-refractivity contribution in [3.8, 4) is 0 Å². The van der Waals surface area contributed by atoms with Crippen molar-refractivity contribution in [2.75, 3.05) is 25.6 Å². The zero-order valence-electron chi connectivity index (χ0n) is 8.02. The van der Waals surface area contributed by atoms with E-state index in [0.29, 0.717) is 5.91 Å². The smallest absolute Gasteiger partial charge is 0.326 e. The van der Waals surface area contributed by atoms with E-state index in [1.165, 1.54) is 0 Å². The lowest BCUT2D eigenvalue weighted by Crippen LogP contribution is -2.17. The van der Waals surface area contributed by atoms with Crippen LogP contribution in [0.1, 0.15) is 12.8 Å². The van der Waals surface area contributed by atoms with E-state index in [2.05, 4.69) is 0 Å². The van der Waals surface area contributed by atoms with Gasteiger partial charge in [-0.3, -0.25) is 9.36 Å². The van der Waals surface area contributed by atoms with Crippen LogP contribution >= 0.6 is 19.2 Å². The highest BCUT2D eigenvalue weighted by Crippen LogP contribution is 2.33. The fraction of sp³-hybridized carbons (Fsp3) is 0.857. The molecule has 1 aliphatic heterocycles. The van der Waals surface area contributed by atoms with Crippen molar-refractivity contribution in [1.29, 1.82) is 0 Å². The van der Waals surface area contributed by atoms with Gasteiger partial charge >= 0.3 is 7.60 Å². The topological polar surface area (TPSA) is 77.8 Å². The first-order chi connectivity index (χ1) is 6.37. The van der Waals surface area contributed by atoms with Crippen LogP contribution in [0.25, 0.3) is 0 Å². The highest BCUT2D eigenvalue weighted by Gasteiger charge is 2.14. The number of amides is 1. The summed E-state index contributed by atoms with van der Waals surface area (Å²) in [6.45, 7) is 0.957. The standard InChI is InChI=1S/C5H9NO.C2H6ClO3P/c1-6-4-2-3-5(6)7;3-1-2-7(4,5)6/h2-4H2,1H3;1-2H2,(H2,4,5,6). The lowest BCUT2D eigenvalue weighted by molar-refractivity contribution is -0.126. The Morgan fingerprint density at radius 1 is 1.57 bits per heavy atom. The maximum absolute atomic E-state index is 10.5. The van der Waals surface area contributed by atoms with Crippen LogP contribution < -0.4 is 0 Å². The molecule has 1 amide bonds. The molecule has 0 aromatic rings. The van der Waals surface area contributed by atoms with Crippen LogP contribution in [0.2, 0.25) is 0 Å². The van der Waals surface area contributed by atoms with E-state index in [0.717, 1.165) is 19.4 Å². The van der Waals surface area contributed by atoms with Crippen molar-refractivity contribution < 1.29 is 19.1 Å². The normalized spacial score (nSPS) is 16.6. The van der Waals surface area contributed by atoms with Crippen molar-refractivity contribution in [3.05, 3.63) is 0 Å². The Hall–Kier alpha value is -0.0900. The summed E-state index contributed by atoms with van der Waals surface area (Å²) in [5, 5.41) is 0. The zero-order valence-corrected chi connectivity index (χ0v) is 9.67. The molecule has 1 fully saturated rings. The van der Waals surface area contributed by atoms with Crippen LogP contribution in [0.4, 0.5) is 0 Å². The third-order valence-electron chi connectivity index (χ3n) is 1.69. The Labute approximate surface area is 88.2 Å². The molecule has 0 bridgehead atoms. The molecule has 0 unspecified atom stereocenters. The SMILES string of the molecule is CN1CCCC1=O.O=P(O)(O)CCCl. The highest BCUT2D eigenvalue weighted by atomic mass is 35.5. The molecule has 1 heterocycles. The van der Waals surface area contributed by atoms with E-state index in [4.69, 9.17) is 21.4 Å². The second kappa shape index (κ2) is 6.40. The van der Waals surface area contributed by atoms with Crippen LogP contribution in [0, 0.1) is 0 Å². The molecule has 7 heteroatoms. The molecule has 0 spiro atoms. The van der Waals surface area contributed by atoms with Gasteiger partial charge < -0.3 is 14.7 Å². The first kappa shape index (κ1) is 13.9. The summed E-state index contributed by atoms with van der Waals surface area (Å²) >= 11 is 4.99. The van der Waals surface area contributed by atoms with E-state index < -0.39 is 7.60 Å². The predicted octanol–water partition coefficient (Wildman–Crippen LogP) is 0.641. The van der Waals surface area contributed by atoms with Gasteiger partial charge in [-0.15, -0.1) is 11.6 Å². The van der Waals surface area contributed by atoms with E-state index in [1.54, 1.807) is 4.90 Å². The van der Waals surface area contributed by atoms with Gasteiger partial charge in [0.15, 0.2) is 0 Å². The second-order valence-corrected chi connectivity index (χ2v) is 5.15. The molecule has 5 nitrogen and oxygen atoms in total. The lowest BCUT2D eigenvalue weighted by atomic mass is 10.4. The molecule has 0 aromatic carbocycles. The number of rotatable bonds is 2. The number of likely N-dealkylation sites (tertiary alicyclic amines) is 1. The van der Waals surface area contributed by atoms with Crippen molar-refractivity contribution in [1.82, 2.24) is 4.90 Å². The fourth-order valence-corrected chi connectivity index (χ4v) is 1.77. The Morgan fingerprint density at radius 2 is 2.14 bits per heavy atom. The Balaban J connectivity index is 0.000000241. The van der Waals surface area contributed by atoms with Crippen LogP contribution in [0.15, 0.2) is 0 Å². The molecule has 84 valence electrons. The molecule has 1 saturated heterocycles. The zero-order chi connectivity index (χ0) is 11.2. The third-order valence-corrected chi connectivity index (χ3v) is 2.94. The second-order valence-electron chi connectivity index (χ2n) is 3.00. The summed E-state index contributed by atoms with van der Waals surface area (Å²) in [6, 6.07) is 0. The lowest BCUT2D eigenvalue weighted by Gasteiger charge is -2.03. The average molecular weight is 244 g/mol. The molecule has 0 aliphatic carbocycles. The number of hydrogen-bond donors (Lipinski definition) is 2. The molecular formula is C7H15ClNO4P. The summed E-state index contributed by atoms with van der Waals surface area (Å²) in [5.41, 5.74) is 0. The van der Waals surface area contributed by atoms with Gasteiger partial charge in [-0.2, -0.15) is 0 Å². The summed E-state index contributed by atoms with van der Waals surface area (Å²) in [7, 11) is -1.96. The summed E-state index contributed by atoms with van der Waals surface area (Å²) in [5.74, 6) is 0.310. The monoisotopic (exact) mass is 243 g/mol. The van der Waals surface area contributed by atoms with Crippen molar-refractivity contribution in [2.45, 2.75) is 12.8 Å². The number of hydrogen-bond acceptors (Lipinski definition) is 2. The molecule has 1 aliphatic rings. The van der Waals surface area contributed by atoms with E-state index >= 15 is 0 Å². The van der Waals surface area contributed by atoms with Gasteiger partial charge in [0, 0.05) is 25.9 Å². The van der Waals surface area contributed by atoms with Gasteiger partial charge in [0.1, 0.15) is 0 Å². The maximum atomic E-state index is 10.5. The fourth-order valence-electron chi connectivity index (χ4n) is 0.893. The molecular weight excluding hydrogens is 229 g/mol. The molecule has 2 N–H and O–H groups in total. The third kappa shape index (κ3) is 7.33. The molecule has 0 atom stereocenters. The number of carbonyl (C=O) groups excluding carboxylic acids is 1. The van der Waals surface area contributed by atoms with E-state index in [-0.39, 0.29) is 12.0 Å². The first-order valence-corrected chi connectivity index (χ1v) is 6.54. The number of carbonyl (C=O) groups is 1. The van der Waals surface area contributed by atoms with Crippen LogP contribution in [0.5, 0.6) is 0 Å². The quantitative estimate of drug-likeness (QED) is 0.551. The Kier molecular flexibility index (Phi) is 6.36. The molecule has 0 aromatic heterocycles. The molecule has 0 saturated carbocycles. The van der Waals surface area contributed by atoms with Gasteiger partial charge in [0.2, 0.25) is 5.91 Å². The van der Waals surface area contributed by atoms with Gasteiger partial charge in [-0.1, -0.05) is 0 Å². The van der Waals surface area contributed by atoms with Gasteiger partial charge in [0.05, 0.1) is 6.16 Å². The predicted molar refractivity (Wildman–Crippen MR) is 54.5 cm³/mol. The number of alkyl halides is 1. The molecule has 0 radical (unpaired) electrons. The van der Waals surface area contributed by atoms with Gasteiger partial charge in [-0.05, 0) is 6.42 Å².